The maximum absolute atomic E-state index is 12.1. The topological polar surface area (TPSA) is 79.0 Å². The minimum atomic E-state index is -3.35. The third-order valence-electron chi connectivity index (χ3n) is 4.44. The molecule has 1 fully saturated rings. The van der Waals surface area contributed by atoms with E-state index in [1.807, 2.05) is 30.3 Å². The molecule has 0 spiro atoms. The average Bonchev–Trinajstić information content (AvgIpc) is 2.64. The number of nitrogens with zero attached hydrogens (tertiary/aromatic N) is 2. The Morgan fingerprint density at radius 3 is 2.54 bits per heavy atom. The van der Waals surface area contributed by atoms with Gasteiger partial charge in [0.2, 0.25) is 15.9 Å². The lowest BCUT2D eigenvalue weighted by molar-refractivity contribution is -0.129. The van der Waals surface area contributed by atoms with Gasteiger partial charge in [0, 0.05) is 46.2 Å². The molecule has 0 bridgehead atoms. The van der Waals surface area contributed by atoms with Crippen molar-refractivity contribution < 1.29 is 17.9 Å². The Hall–Kier alpha value is -1.48. The molecule has 1 aromatic carbocycles. The summed E-state index contributed by atoms with van der Waals surface area (Å²) in [7, 11) is -3.35. The molecule has 0 aliphatic carbocycles. The fraction of sp³-hybridized carbons (Fsp3) is 0.611. The van der Waals surface area contributed by atoms with Gasteiger partial charge in [0.25, 0.3) is 0 Å². The van der Waals surface area contributed by atoms with Gasteiger partial charge in [-0.15, -0.1) is 0 Å². The van der Waals surface area contributed by atoms with Crippen LogP contribution in [-0.4, -0.2) is 82.4 Å². The lowest BCUT2D eigenvalue weighted by atomic mass is 10.2. The number of rotatable bonds is 10. The summed E-state index contributed by atoms with van der Waals surface area (Å²) in [5, 5.41) is 0. The average molecular weight is 384 g/mol. The predicted molar refractivity (Wildman–Crippen MR) is 101 cm³/mol. The van der Waals surface area contributed by atoms with E-state index in [0.717, 1.165) is 38.4 Å². The molecule has 2 rings (SSSR count). The van der Waals surface area contributed by atoms with Gasteiger partial charge < -0.3 is 9.64 Å². The molecular formula is C18H29N3O4S. The number of aryl methyl sites for hydroxylation is 1. The molecule has 1 aromatic rings. The number of amides is 1. The number of carbonyl (C=O) groups excluding carboxylic acids is 1. The second kappa shape index (κ2) is 10.6. The van der Waals surface area contributed by atoms with Crippen molar-refractivity contribution in [3.05, 3.63) is 35.9 Å². The number of carbonyl (C=O) groups is 1. The third kappa shape index (κ3) is 7.82. The molecule has 0 unspecified atom stereocenters. The summed E-state index contributed by atoms with van der Waals surface area (Å²) in [4.78, 5) is 15.7. The van der Waals surface area contributed by atoms with Gasteiger partial charge in [-0.1, -0.05) is 30.3 Å². The quantitative estimate of drug-likeness (QED) is 0.630. The number of benzene rings is 1. The van der Waals surface area contributed by atoms with E-state index in [1.165, 1.54) is 6.92 Å². The van der Waals surface area contributed by atoms with Crippen LogP contribution in [0.15, 0.2) is 30.3 Å². The normalized spacial score (nSPS) is 15.7. The summed E-state index contributed by atoms with van der Waals surface area (Å²) >= 11 is 0. The lowest BCUT2D eigenvalue weighted by Crippen LogP contribution is -2.44. The highest BCUT2D eigenvalue weighted by Crippen LogP contribution is 2.02. The van der Waals surface area contributed by atoms with Crippen LogP contribution in [0.4, 0.5) is 0 Å². The van der Waals surface area contributed by atoms with Crippen LogP contribution in [0.3, 0.4) is 0 Å². The van der Waals surface area contributed by atoms with Gasteiger partial charge in [-0.25, -0.2) is 13.1 Å². The van der Waals surface area contributed by atoms with E-state index in [2.05, 4.69) is 9.62 Å². The van der Waals surface area contributed by atoms with Crippen molar-refractivity contribution in [3.8, 4) is 0 Å². The summed E-state index contributed by atoms with van der Waals surface area (Å²) < 4.78 is 32.2. The Balaban J connectivity index is 1.70. The minimum Gasteiger partial charge on any atom is -0.379 e. The van der Waals surface area contributed by atoms with Crippen molar-refractivity contribution in [2.75, 3.05) is 58.2 Å². The van der Waals surface area contributed by atoms with Crippen molar-refractivity contribution in [1.82, 2.24) is 14.5 Å². The first-order valence-corrected chi connectivity index (χ1v) is 10.7. The van der Waals surface area contributed by atoms with E-state index in [4.69, 9.17) is 4.74 Å². The Labute approximate surface area is 156 Å². The SMILES string of the molecule is CC(=O)N(CCNS(=O)(=O)CCc1ccccc1)CCN1CCOCC1. The highest BCUT2D eigenvalue weighted by Gasteiger charge is 2.15. The maximum atomic E-state index is 12.1. The zero-order valence-corrected chi connectivity index (χ0v) is 16.2. The van der Waals surface area contributed by atoms with E-state index < -0.39 is 10.0 Å². The summed E-state index contributed by atoms with van der Waals surface area (Å²) in [6.45, 7) is 6.70. The van der Waals surface area contributed by atoms with E-state index in [9.17, 15) is 13.2 Å². The van der Waals surface area contributed by atoms with Crippen LogP contribution in [0, 0.1) is 0 Å². The molecule has 0 saturated carbocycles. The maximum Gasteiger partial charge on any atom is 0.219 e. The van der Waals surface area contributed by atoms with Crippen LogP contribution >= 0.6 is 0 Å². The molecule has 1 aliphatic heterocycles. The molecule has 26 heavy (non-hydrogen) atoms. The molecule has 0 aromatic heterocycles. The van der Waals surface area contributed by atoms with Crippen LogP contribution in [0.1, 0.15) is 12.5 Å². The number of nitrogens with one attached hydrogen (secondary N) is 1. The van der Waals surface area contributed by atoms with Crippen molar-refractivity contribution in [3.63, 3.8) is 0 Å². The first kappa shape index (κ1) is 20.8. The van der Waals surface area contributed by atoms with Gasteiger partial charge >= 0.3 is 0 Å². The highest BCUT2D eigenvalue weighted by molar-refractivity contribution is 7.89. The molecule has 7 nitrogen and oxygen atoms in total. The minimum absolute atomic E-state index is 0.0401. The third-order valence-corrected chi connectivity index (χ3v) is 5.83. The Morgan fingerprint density at radius 2 is 1.88 bits per heavy atom. The van der Waals surface area contributed by atoms with Crippen molar-refractivity contribution in [2.45, 2.75) is 13.3 Å². The summed E-state index contributed by atoms with van der Waals surface area (Å²) in [6.07, 6.45) is 0.476. The van der Waals surface area contributed by atoms with Crippen LogP contribution in [0.5, 0.6) is 0 Å². The van der Waals surface area contributed by atoms with Gasteiger partial charge in [0.15, 0.2) is 0 Å². The Kier molecular flexibility index (Phi) is 8.50. The first-order chi connectivity index (χ1) is 12.5. The van der Waals surface area contributed by atoms with Crippen LogP contribution in [-0.2, 0) is 26.0 Å². The zero-order valence-electron chi connectivity index (χ0n) is 15.4. The molecular weight excluding hydrogens is 354 g/mol. The van der Waals surface area contributed by atoms with Crippen molar-refractivity contribution in [1.29, 1.82) is 0 Å². The summed E-state index contributed by atoms with van der Waals surface area (Å²) in [5.74, 6) is 0.00644. The largest absolute Gasteiger partial charge is 0.379 e. The highest BCUT2D eigenvalue weighted by atomic mass is 32.2. The predicted octanol–water partition coefficient (Wildman–Crippen LogP) is 0.329. The van der Waals surface area contributed by atoms with Crippen LogP contribution in [0.2, 0.25) is 0 Å². The number of ether oxygens (including phenoxy) is 1. The van der Waals surface area contributed by atoms with E-state index in [0.29, 0.717) is 19.5 Å². The molecule has 8 heteroatoms. The number of hydrogen-bond donors (Lipinski definition) is 1. The molecule has 1 N–H and O–H groups in total. The smallest absolute Gasteiger partial charge is 0.219 e. The monoisotopic (exact) mass is 383 g/mol. The second-order valence-corrected chi connectivity index (χ2v) is 8.34. The molecule has 0 atom stereocenters. The van der Waals surface area contributed by atoms with Crippen molar-refractivity contribution >= 4 is 15.9 Å². The standard InChI is InChI=1S/C18H29N3O4S/c1-17(22)21(11-10-20-12-14-25-15-13-20)9-8-19-26(23,24)16-7-18-5-3-2-4-6-18/h2-6,19H,7-16H2,1H3. The summed E-state index contributed by atoms with van der Waals surface area (Å²) in [5.41, 5.74) is 0.994. The molecule has 1 amide bonds. The first-order valence-electron chi connectivity index (χ1n) is 9.03. The van der Waals surface area contributed by atoms with E-state index in [1.54, 1.807) is 4.90 Å². The van der Waals surface area contributed by atoms with Gasteiger partial charge in [0.05, 0.1) is 19.0 Å². The Bertz CT molecular complexity index is 646. The number of hydrogen-bond acceptors (Lipinski definition) is 5. The van der Waals surface area contributed by atoms with Crippen LogP contribution in [0.25, 0.3) is 0 Å². The fourth-order valence-electron chi connectivity index (χ4n) is 2.82. The Morgan fingerprint density at radius 1 is 1.19 bits per heavy atom. The number of morpholine rings is 1. The van der Waals surface area contributed by atoms with Gasteiger partial charge in [-0.3, -0.25) is 9.69 Å². The van der Waals surface area contributed by atoms with Gasteiger partial charge in [0.1, 0.15) is 0 Å². The zero-order chi connectivity index (χ0) is 18.8. The summed E-state index contributed by atoms with van der Waals surface area (Å²) in [6, 6.07) is 9.53. The molecule has 146 valence electrons. The lowest BCUT2D eigenvalue weighted by Gasteiger charge is -2.29. The van der Waals surface area contributed by atoms with E-state index >= 15 is 0 Å². The molecule has 1 saturated heterocycles. The number of sulfonamides is 1. The molecule has 0 radical (unpaired) electrons. The van der Waals surface area contributed by atoms with Gasteiger partial charge in [-0.05, 0) is 12.0 Å². The molecule has 1 heterocycles. The van der Waals surface area contributed by atoms with Crippen LogP contribution < -0.4 is 4.72 Å². The van der Waals surface area contributed by atoms with Gasteiger partial charge in [-0.2, -0.15) is 0 Å². The fourth-order valence-corrected chi connectivity index (χ4v) is 3.87. The molecule has 1 aliphatic rings. The second-order valence-electron chi connectivity index (χ2n) is 6.41. The van der Waals surface area contributed by atoms with E-state index in [-0.39, 0.29) is 18.2 Å². The van der Waals surface area contributed by atoms with Crippen molar-refractivity contribution in [2.24, 2.45) is 0 Å².